The summed E-state index contributed by atoms with van der Waals surface area (Å²) in [7, 11) is 0. The van der Waals surface area contributed by atoms with Crippen LogP contribution in [-0.4, -0.2) is 48.0 Å². The van der Waals surface area contributed by atoms with Crippen molar-refractivity contribution in [1.29, 1.82) is 0 Å². The number of benzene rings is 1. The van der Waals surface area contributed by atoms with Crippen molar-refractivity contribution in [3.63, 3.8) is 0 Å². The van der Waals surface area contributed by atoms with Crippen LogP contribution in [0, 0.1) is 0 Å². The fourth-order valence-electron chi connectivity index (χ4n) is 3.18. The van der Waals surface area contributed by atoms with Gasteiger partial charge in [-0.3, -0.25) is 9.69 Å². The van der Waals surface area contributed by atoms with Crippen LogP contribution in [0.15, 0.2) is 48.7 Å². The van der Waals surface area contributed by atoms with Crippen LogP contribution in [-0.2, 0) is 17.5 Å². The summed E-state index contributed by atoms with van der Waals surface area (Å²) < 4.78 is 38.0. The molecule has 0 spiro atoms. The normalized spacial score (nSPS) is 16.6. The molecule has 0 unspecified atom stereocenters. The third-order valence-electron chi connectivity index (χ3n) is 4.95. The zero-order valence-corrected chi connectivity index (χ0v) is 15.6. The molecular weight excluding hydrogens is 369 g/mol. The van der Waals surface area contributed by atoms with Crippen LogP contribution in [0.2, 0.25) is 0 Å². The van der Waals surface area contributed by atoms with E-state index in [-0.39, 0.29) is 11.9 Å². The summed E-state index contributed by atoms with van der Waals surface area (Å²) in [5, 5.41) is 2.95. The molecule has 1 saturated heterocycles. The van der Waals surface area contributed by atoms with Crippen LogP contribution in [0.1, 0.15) is 18.1 Å². The number of carbonyl (C=O) groups excluding carboxylic acids is 1. The number of piperazine rings is 1. The lowest BCUT2D eigenvalue weighted by Gasteiger charge is -2.38. The molecule has 1 aromatic heterocycles. The van der Waals surface area contributed by atoms with E-state index in [0.717, 1.165) is 17.8 Å². The highest BCUT2D eigenvalue weighted by atomic mass is 19.4. The van der Waals surface area contributed by atoms with Gasteiger partial charge in [-0.05, 0) is 24.6 Å². The molecular formula is C20H23F3N4O. The molecule has 0 bridgehead atoms. The number of halogens is 3. The lowest BCUT2D eigenvalue weighted by Crippen LogP contribution is -2.54. The summed E-state index contributed by atoms with van der Waals surface area (Å²) >= 11 is 0. The molecule has 0 radical (unpaired) electrons. The maximum Gasteiger partial charge on any atom is 0.417 e. The topological polar surface area (TPSA) is 48.5 Å². The molecule has 2 heterocycles. The standard InChI is InChI=1S/C20H23F3N4O/c1-15(19(28)25-13-16-5-3-2-4-6-16)26-9-11-27(12-10-26)18-8-7-17(14-24-18)20(21,22)23/h2-8,14-15H,9-13H2,1H3,(H,25,28)/t15-/m1/s1. The Labute approximate surface area is 162 Å². The first-order chi connectivity index (χ1) is 13.3. The Morgan fingerprint density at radius 3 is 2.36 bits per heavy atom. The first-order valence-corrected chi connectivity index (χ1v) is 9.18. The summed E-state index contributed by atoms with van der Waals surface area (Å²) in [6, 6.07) is 11.9. The largest absolute Gasteiger partial charge is 0.417 e. The second-order valence-electron chi connectivity index (χ2n) is 6.81. The molecule has 150 valence electrons. The minimum absolute atomic E-state index is 0.0371. The number of hydrogen-bond donors (Lipinski definition) is 1. The zero-order valence-electron chi connectivity index (χ0n) is 15.6. The van der Waals surface area contributed by atoms with Gasteiger partial charge in [0.15, 0.2) is 0 Å². The van der Waals surface area contributed by atoms with Crippen molar-refractivity contribution in [1.82, 2.24) is 15.2 Å². The van der Waals surface area contributed by atoms with E-state index in [2.05, 4.69) is 15.2 Å². The summed E-state index contributed by atoms with van der Waals surface area (Å²) in [4.78, 5) is 20.4. The van der Waals surface area contributed by atoms with E-state index in [9.17, 15) is 18.0 Å². The first kappa shape index (κ1) is 20.1. The number of anilines is 1. The highest BCUT2D eigenvalue weighted by Crippen LogP contribution is 2.29. The zero-order chi connectivity index (χ0) is 20.1. The van der Waals surface area contributed by atoms with Gasteiger partial charge in [-0.15, -0.1) is 0 Å². The van der Waals surface area contributed by atoms with Gasteiger partial charge in [0.1, 0.15) is 5.82 Å². The number of amides is 1. The fourth-order valence-corrected chi connectivity index (χ4v) is 3.18. The van der Waals surface area contributed by atoms with Gasteiger partial charge in [0.25, 0.3) is 0 Å². The second-order valence-corrected chi connectivity index (χ2v) is 6.81. The van der Waals surface area contributed by atoms with E-state index in [1.165, 1.54) is 6.07 Å². The van der Waals surface area contributed by atoms with Crippen molar-refractivity contribution >= 4 is 11.7 Å². The summed E-state index contributed by atoms with van der Waals surface area (Å²) in [5.41, 5.74) is 0.292. The van der Waals surface area contributed by atoms with Gasteiger partial charge >= 0.3 is 6.18 Å². The Hall–Kier alpha value is -2.61. The minimum Gasteiger partial charge on any atom is -0.354 e. The molecule has 1 aliphatic heterocycles. The van der Waals surface area contributed by atoms with E-state index in [4.69, 9.17) is 0 Å². The van der Waals surface area contributed by atoms with Crippen LogP contribution in [0.4, 0.5) is 19.0 Å². The first-order valence-electron chi connectivity index (χ1n) is 9.18. The number of pyridine rings is 1. The SMILES string of the molecule is C[C@H](C(=O)NCc1ccccc1)N1CCN(c2ccc(C(F)(F)F)cn2)CC1. The summed E-state index contributed by atoms with van der Waals surface area (Å²) in [5.74, 6) is 0.485. The Bertz CT molecular complexity index is 772. The van der Waals surface area contributed by atoms with Crippen LogP contribution < -0.4 is 10.2 Å². The highest BCUT2D eigenvalue weighted by molar-refractivity contribution is 5.81. The third-order valence-corrected chi connectivity index (χ3v) is 4.95. The van der Waals surface area contributed by atoms with Gasteiger partial charge in [0.2, 0.25) is 5.91 Å². The van der Waals surface area contributed by atoms with Crippen LogP contribution in [0.5, 0.6) is 0 Å². The Morgan fingerprint density at radius 2 is 1.79 bits per heavy atom. The number of rotatable bonds is 5. The van der Waals surface area contributed by atoms with E-state index in [0.29, 0.717) is 38.5 Å². The van der Waals surface area contributed by atoms with E-state index in [1.54, 1.807) is 0 Å². The van der Waals surface area contributed by atoms with Crippen LogP contribution in [0.3, 0.4) is 0 Å². The summed E-state index contributed by atoms with van der Waals surface area (Å²) in [6.45, 7) is 4.85. The van der Waals surface area contributed by atoms with Crippen molar-refractivity contribution in [3.05, 3.63) is 59.8 Å². The van der Waals surface area contributed by atoms with E-state index in [1.807, 2.05) is 42.2 Å². The average Bonchev–Trinajstić information content (AvgIpc) is 2.72. The summed E-state index contributed by atoms with van der Waals surface area (Å²) in [6.07, 6.45) is -3.52. The molecule has 28 heavy (non-hydrogen) atoms. The number of carbonyl (C=O) groups is 1. The number of hydrogen-bond acceptors (Lipinski definition) is 4. The molecule has 1 amide bonds. The number of alkyl halides is 3. The van der Waals surface area contributed by atoms with Gasteiger partial charge in [-0.2, -0.15) is 13.2 Å². The van der Waals surface area contributed by atoms with Gasteiger partial charge in [-0.1, -0.05) is 30.3 Å². The third kappa shape index (κ3) is 5.01. The molecule has 1 atom stereocenters. The molecule has 1 fully saturated rings. The van der Waals surface area contributed by atoms with Gasteiger partial charge in [0.05, 0.1) is 11.6 Å². The predicted octanol–water partition coefficient (Wildman–Crippen LogP) is 2.93. The fraction of sp³-hybridized carbons (Fsp3) is 0.400. The molecule has 0 aliphatic carbocycles. The number of aromatic nitrogens is 1. The Kier molecular flexibility index (Phi) is 6.18. The molecule has 1 N–H and O–H groups in total. The molecule has 1 aromatic carbocycles. The quantitative estimate of drug-likeness (QED) is 0.850. The van der Waals surface area contributed by atoms with Crippen molar-refractivity contribution in [2.24, 2.45) is 0 Å². The maximum absolute atomic E-state index is 12.7. The lowest BCUT2D eigenvalue weighted by atomic mass is 10.2. The molecule has 3 rings (SSSR count). The van der Waals surface area contributed by atoms with Gasteiger partial charge < -0.3 is 10.2 Å². The highest BCUT2D eigenvalue weighted by Gasteiger charge is 2.31. The second kappa shape index (κ2) is 8.60. The van der Waals surface area contributed by atoms with E-state index < -0.39 is 11.7 Å². The molecule has 0 saturated carbocycles. The van der Waals surface area contributed by atoms with Crippen molar-refractivity contribution in [3.8, 4) is 0 Å². The smallest absolute Gasteiger partial charge is 0.354 e. The Morgan fingerprint density at radius 1 is 1.11 bits per heavy atom. The van der Waals surface area contributed by atoms with Gasteiger partial charge in [0, 0.05) is 38.9 Å². The van der Waals surface area contributed by atoms with E-state index >= 15 is 0 Å². The molecule has 5 nitrogen and oxygen atoms in total. The monoisotopic (exact) mass is 392 g/mol. The lowest BCUT2D eigenvalue weighted by molar-refractivity contribution is -0.137. The predicted molar refractivity (Wildman–Crippen MR) is 101 cm³/mol. The average molecular weight is 392 g/mol. The van der Waals surface area contributed by atoms with Crippen molar-refractivity contribution < 1.29 is 18.0 Å². The van der Waals surface area contributed by atoms with Crippen LogP contribution >= 0.6 is 0 Å². The van der Waals surface area contributed by atoms with Gasteiger partial charge in [-0.25, -0.2) is 4.98 Å². The number of nitrogens with zero attached hydrogens (tertiary/aromatic N) is 3. The minimum atomic E-state index is -4.38. The Balaban J connectivity index is 1.49. The molecule has 1 aliphatic rings. The molecule has 2 aromatic rings. The molecule has 8 heteroatoms. The number of nitrogens with one attached hydrogen (secondary N) is 1. The van der Waals surface area contributed by atoms with Crippen molar-refractivity contribution in [2.75, 3.05) is 31.1 Å². The van der Waals surface area contributed by atoms with Crippen molar-refractivity contribution in [2.45, 2.75) is 25.7 Å². The van der Waals surface area contributed by atoms with Crippen LogP contribution in [0.25, 0.3) is 0 Å². The maximum atomic E-state index is 12.7.